The van der Waals surface area contributed by atoms with Gasteiger partial charge in [0.05, 0.1) is 32.4 Å². The highest BCUT2D eigenvalue weighted by atomic mass is 79.9. The highest BCUT2D eigenvalue weighted by Gasteiger charge is 2.22. The number of fused-ring (bicyclic) bond motifs is 1. The molecule has 0 saturated heterocycles. The van der Waals surface area contributed by atoms with Gasteiger partial charge in [-0.1, -0.05) is 39.8 Å². The topological polar surface area (TPSA) is 62.6 Å². The average molecular weight is 531 g/mol. The summed E-state index contributed by atoms with van der Waals surface area (Å²) in [5, 5.41) is 0.731. The van der Waals surface area contributed by atoms with Crippen LogP contribution in [0, 0.1) is 5.82 Å². The summed E-state index contributed by atoms with van der Waals surface area (Å²) in [7, 11) is 4.46. The normalized spacial score (nSPS) is 10.9. The van der Waals surface area contributed by atoms with E-state index >= 15 is 0 Å². The minimum Gasteiger partial charge on any atom is -0.493 e. The standard InChI is InChI=1S/C24H20BrFN2O4S/c1-30-19-12-18-20(22(32-3)21(19)31-2)27-24(33-13-14-4-6-15(25)7-5-14)28(23(18)29)17-10-8-16(26)9-11-17/h4-12H,13H2,1-3H3. The maximum absolute atomic E-state index is 13.7. The SMILES string of the molecule is COc1cc2c(=O)n(-c3ccc(F)cc3)c(SCc3ccc(Br)cc3)nc2c(OC)c1OC. The Labute approximate surface area is 202 Å². The number of rotatable bonds is 7. The smallest absolute Gasteiger partial charge is 0.266 e. The molecule has 0 bridgehead atoms. The molecule has 0 spiro atoms. The predicted octanol–water partition coefficient (Wildman–Crippen LogP) is 5.61. The van der Waals surface area contributed by atoms with Gasteiger partial charge in [0.2, 0.25) is 5.75 Å². The molecule has 3 aromatic carbocycles. The number of benzene rings is 3. The van der Waals surface area contributed by atoms with Crippen LogP contribution in [-0.2, 0) is 5.75 Å². The van der Waals surface area contributed by atoms with Crippen LogP contribution in [0.25, 0.3) is 16.6 Å². The molecule has 1 aromatic heterocycles. The van der Waals surface area contributed by atoms with Crippen LogP contribution in [0.1, 0.15) is 5.56 Å². The molecular weight excluding hydrogens is 511 g/mol. The van der Waals surface area contributed by atoms with E-state index in [-0.39, 0.29) is 5.56 Å². The molecule has 170 valence electrons. The van der Waals surface area contributed by atoms with Gasteiger partial charge >= 0.3 is 0 Å². The molecule has 6 nitrogen and oxygen atoms in total. The van der Waals surface area contributed by atoms with Crippen molar-refractivity contribution in [1.29, 1.82) is 0 Å². The van der Waals surface area contributed by atoms with Gasteiger partial charge in [0.25, 0.3) is 5.56 Å². The summed E-state index contributed by atoms with van der Waals surface area (Å²) in [6, 6.07) is 15.2. The Morgan fingerprint density at radius 1 is 0.970 bits per heavy atom. The second-order valence-electron chi connectivity index (χ2n) is 6.97. The van der Waals surface area contributed by atoms with Crippen molar-refractivity contribution < 1.29 is 18.6 Å². The number of nitrogens with zero attached hydrogens (tertiary/aromatic N) is 2. The van der Waals surface area contributed by atoms with E-state index < -0.39 is 5.82 Å². The molecule has 0 aliphatic rings. The summed E-state index contributed by atoms with van der Waals surface area (Å²) in [5.74, 6) is 1.19. The van der Waals surface area contributed by atoms with Gasteiger partial charge in [-0.25, -0.2) is 9.37 Å². The fraction of sp³-hybridized carbons (Fsp3) is 0.167. The minimum absolute atomic E-state index is 0.293. The molecule has 4 rings (SSSR count). The van der Waals surface area contributed by atoms with Gasteiger partial charge in [0, 0.05) is 10.2 Å². The van der Waals surface area contributed by atoms with Crippen LogP contribution in [0.15, 0.2) is 69.0 Å². The van der Waals surface area contributed by atoms with E-state index in [1.165, 1.54) is 49.8 Å². The molecule has 4 aromatic rings. The van der Waals surface area contributed by atoms with E-state index in [2.05, 4.69) is 15.9 Å². The lowest BCUT2D eigenvalue weighted by atomic mass is 10.2. The van der Waals surface area contributed by atoms with Crippen LogP contribution in [0.4, 0.5) is 4.39 Å². The molecular formula is C24H20BrFN2O4S. The Balaban J connectivity index is 1.95. The van der Waals surface area contributed by atoms with E-state index in [1.54, 1.807) is 18.2 Å². The van der Waals surface area contributed by atoms with E-state index in [0.717, 1.165) is 10.0 Å². The first-order valence-corrected chi connectivity index (χ1v) is 11.6. The van der Waals surface area contributed by atoms with Gasteiger partial charge in [-0.2, -0.15) is 0 Å². The van der Waals surface area contributed by atoms with Crippen LogP contribution in [-0.4, -0.2) is 30.9 Å². The zero-order chi connectivity index (χ0) is 23.5. The van der Waals surface area contributed by atoms with Gasteiger partial charge in [-0.3, -0.25) is 9.36 Å². The number of halogens is 2. The Kier molecular flexibility index (Phi) is 6.90. The van der Waals surface area contributed by atoms with Crippen molar-refractivity contribution in [1.82, 2.24) is 9.55 Å². The van der Waals surface area contributed by atoms with Crippen molar-refractivity contribution in [2.45, 2.75) is 10.9 Å². The van der Waals surface area contributed by atoms with Gasteiger partial charge in [-0.15, -0.1) is 0 Å². The summed E-state index contributed by atoms with van der Waals surface area (Å²) in [4.78, 5) is 18.5. The Hall–Kier alpha value is -3.04. The first-order valence-electron chi connectivity index (χ1n) is 9.85. The van der Waals surface area contributed by atoms with Crippen molar-refractivity contribution in [3.63, 3.8) is 0 Å². The zero-order valence-corrected chi connectivity index (χ0v) is 20.5. The van der Waals surface area contributed by atoms with Gasteiger partial charge in [0.15, 0.2) is 16.7 Å². The molecule has 0 unspecified atom stereocenters. The lowest BCUT2D eigenvalue weighted by molar-refractivity contribution is 0.326. The van der Waals surface area contributed by atoms with E-state index in [9.17, 15) is 9.18 Å². The van der Waals surface area contributed by atoms with Crippen LogP contribution in [0.2, 0.25) is 0 Å². The fourth-order valence-electron chi connectivity index (χ4n) is 3.41. The minimum atomic E-state index is -0.391. The molecule has 0 amide bonds. The molecule has 0 N–H and O–H groups in total. The summed E-state index contributed by atoms with van der Waals surface area (Å²) in [5.41, 5.74) is 1.59. The van der Waals surface area contributed by atoms with Crippen LogP contribution < -0.4 is 19.8 Å². The third-order valence-electron chi connectivity index (χ3n) is 5.00. The summed E-state index contributed by atoms with van der Waals surface area (Å²) in [6.07, 6.45) is 0. The average Bonchev–Trinajstić information content (AvgIpc) is 2.83. The lowest BCUT2D eigenvalue weighted by Crippen LogP contribution is -2.22. The van der Waals surface area contributed by atoms with Crippen LogP contribution in [0.5, 0.6) is 17.2 Å². The number of hydrogen-bond donors (Lipinski definition) is 0. The zero-order valence-electron chi connectivity index (χ0n) is 18.1. The maximum Gasteiger partial charge on any atom is 0.266 e. The summed E-state index contributed by atoms with van der Waals surface area (Å²) in [6.45, 7) is 0. The van der Waals surface area contributed by atoms with Gasteiger partial charge < -0.3 is 14.2 Å². The largest absolute Gasteiger partial charge is 0.493 e. The predicted molar refractivity (Wildman–Crippen MR) is 131 cm³/mol. The van der Waals surface area contributed by atoms with Crippen molar-refractivity contribution >= 4 is 38.6 Å². The Bertz CT molecular complexity index is 1360. The monoisotopic (exact) mass is 530 g/mol. The quantitative estimate of drug-likeness (QED) is 0.229. The number of hydrogen-bond acceptors (Lipinski definition) is 6. The molecule has 0 fully saturated rings. The Morgan fingerprint density at radius 3 is 2.24 bits per heavy atom. The number of aromatic nitrogens is 2. The van der Waals surface area contributed by atoms with E-state index in [1.807, 2.05) is 24.3 Å². The second-order valence-corrected chi connectivity index (χ2v) is 8.83. The molecule has 33 heavy (non-hydrogen) atoms. The van der Waals surface area contributed by atoms with Crippen molar-refractivity contribution in [3.05, 3.63) is 80.8 Å². The second kappa shape index (κ2) is 9.84. The van der Waals surface area contributed by atoms with Crippen molar-refractivity contribution in [3.8, 4) is 22.9 Å². The molecule has 9 heteroatoms. The molecule has 0 saturated carbocycles. The third-order valence-corrected chi connectivity index (χ3v) is 6.54. The summed E-state index contributed by atoms with van der Waals surface area (Å²) < 4.78 is 32.5. The first kappa shape index (κ1) is 23.1. The van der Waals surface area contributed by atoms with Crippen LogP contribution >= 0.6 is 27.7 Å². The fourth-order valence-corrected chi connectivity index (χ4v) is 4.64. The number of methoxy groups -OCH3 is 3. The molecule has 1 heterocycles. The van der Waals surface area contributed by atoms with Crippen molar-refractivity contribution in [2.75, 3.05) is 21.3 Å². The number of ether oxygens (including phenoxy) is 3. The molecule has 0 radical (unpaired) electrons. The van der Waals surface area contributed by atoms with Gasteiger partial charge in [0.1, 0.15) is 11.3 Å². The van der Waals surface area contributed by atoms with Crippen LogP contribution in [0.3, 0.4) is 0 Å². The number of thioether (sulfide) groups is 1. The molecule has 0 atom stereocenters. The highest BCUT2D eigenvalue weighted by Crippen LogP contribution is 2.42. The first-order chi connectivity index (χ1) is 16.0. The lowest BCUT2D eigenvalue weighted by Gasteiger charge is -2.17. The highest BCUT2D eigenvalue weighted by molar-refractivity contribution is 9.10. The third kappa shape index (κ3) is 4.56. The van der Waals surface area contributed by atoms with Crippen molar-refractivity contribution in [2.24, 2.45) is 0 Å². The summed E-state index contributed by atoms with van der Waals surface area (Å²) >= 11 is 4.83. The van der Waals surface area contributed by atoms with E-state index in [4.69, 9.17) is 19.2 Å². The molecule has 0 aliphatic heterocycles. The van der Waals surface area contributed by atoms with Gasteiger partial charge in [-0.05, 0) is 48.0 Å². The Morgan fingerprint density at radius 2 is 1.64 bits per heavy atom. The van der Waals surface area contributed by atoms with E-state index in [0.29, 0.717) is 44.7 Å². The maximum atomic E-state index is 13.7. The molecule has 0 aliphatic carbocycles.